The van der Waals surface area contributed by atoms with E-state index in [0.717, 1.165) is 23.4 Å². The van der Waals surface area contributed by atoms with Crippen molar-refractivity contribution in [2.45, 2.75) is 25.8 Å². The quantitative estimate of drug-likeness (QED) is 0.783. The second kappa shape index (κ2) is 5.41. The van der Waals surface area contributed by atoms with Crippen LogP contribution < -0.4 is 5.73 Å². The molecule has 0 aliphatic rings. The van der Waals surface area contributed by atoms with Gasteiger partial charge in [-0.05, 0) is 30.7 Å². The van der Waals surface area contributed by atoms with E-state index in [1.807, 2.05) is 29.5 Å². The van der Waals surface area contributed by atoms with E-state index in [0.29, 0.717) is 0 Å². The predicted molar refractivity (Wildman–Crippen MR) is 83.9 cm³/mol. The van der Waals surface area contributed by atoms with Gasteiger partial charge in [0.15, 0.2) is 0 Å². The Kier molecular flexibility index (Phi) is 3.64. The number of thiophene rings is 1. The summed E-state index contributed by atoms with van der Waals surface area (Å²) in [4.78, 5) is 7.41. The largest absolute Gasteiger partial charge is 0.322 e. The maximum Gasteiger partial charge on any atom is 0.111 e. The van der Waals surface area contributed by atoms with Crippen LogP contribution in [-0.4, -0.2) is 4.98 Å². The van der Waals surface area contributed by atoms with Gasteiger partial charge in [0.25, 0.3) is 0 Å². The van der Waals surface area contributed by atoms with E-state index in [-0.39, 0.29) is 6.04 Å². The summed E-state index contributed by atoms with van der Waals surface area (Å²) in [6.07, 6.45) is 1.98. The van der Waals surface area contributed by atoms with Crippen molar-refractivity contribution in [2.24, 2.45) is 5.73 Å². The molecule has 0 aliphatic carbocycles. The number of thiazole rings is 1. The molecule has 0 aliphatic heterocycles. The van der Waals surface area contributed by atoms with Crippen molar-refractivity contribution in [3.63, 3.8) is 0 Å². The third-order valence-electron chi connectivity index (χ3n) is 3.11. The first kappa shape index (κ1) is 12.8. The number of rotatable bonds is 4. The zero-order chi connectivity index (χ0) is 13.2. The molecule has 0 radical (unpaired) electrons. The molecular weight excluding hydrogens is 272 g/mol. The average molecular weight is 288 g/mol. The average Bonchev–Trinajstić information content (AvgIpc) is 3.04. The van der Waals surface area contributed by atoms with Crippen LogP contribution in [0.5, 0.6) is 0 Å². The minimum absolute atomic E-state index is 0.000700. The van der Waals surface area contributed by atoms with Crippen LogP contribution in [0.2, 0.25) is 0 Å². The molecule has 3 aromatic rings. The van der Waals surface area contributed by atoms with Crippen molar-refractivity contribution < 1.29 is 0 Å². The van der Waals surface area contributed by atoms with Crippen molar-refractivity contribution >= 4 is 32.9 Å². The van der Waals surface area contributed by atoms with Crippen LogP contribution in [0.25, 0.3) is 10.2 Å². The molecule has 1 atom stereocenters. The van der Waals surface area contributed by atoms with Gasteiger partial charge < -0.3 is 5.73 Å². The van der Waals surface area contributed by atoms with Crippen LogP contribution in [-0.2, 0) is 12.8 Å². The first-order valence-corrected chi connectivity index (χ1v) is 8.08. The number of benzene rings is 1. The molecule has 3 rings (SSSR count). The topological polar surface area (TPSA) is 38.9 Å². The summed E-state index contributed by atoms with van der Waals surface area (Å²) in [5.41, 5.74) is 7.35. The molecule has 1 aromatic carbocycles. The van der Waals surface area contributed by atoms with Gasteiger partial charge in [0.1, 0.15) is 5.01 Å². The van der Waals surface area contributed by atoms with Gasteiger partial charge in [0, 0.05) is 16.2 Å². The standard InChI is InChI=1S/C15H16N2S2/c1-2-10-7-8-11(18-10)9-12(16)15-17-13-5-3-4-6-14(13)19-15/h3-8,12H,2,9,16H2,1H3. The zero-order valence-corrected chi connectivity index (χ0v) is 12.4. The van der Waals surface area contributed by atoms with Gasteiger partial charge in [-0.15, -0.1) is 22.7 Å². The normalized spacial score (nSPS) is 12.9. The van der Waals surface area contributed by atoms with Crippen LogP contribution in [0.15, 0.2) is 36.4 Å². The van der Waals surface area contributed by atoms with Crippen molar-refractivity contribution in [1.82, 2.24) is 4.98 Å². The first-order chi connectivity index (χ1) is 9.26. The Morgan fingerprint density at radius 1 is 1.11 bits per heavy atom. The van der Waals surface area contributed by atoms with Gasteiger partial charge in [0.05, 0.1) is 16.3 Å². The van der Waals surface area contributed by atoms with E-state index in [1.165, 1.54) is 14.5 Å². The molecule has 1 unspecified atom stereocenters. The summed E-state index contributed by atoms with van der Waals surface area (Å²) in [5.74, 6) is 0. The molecule has 0 saturated heterocycles. The number of fused-ring (bicyclic) bond motifs is 1. The highest BCUT2D eigenvalue weighted by Gasteiger charge is 2.13. The lowest BCUT2D eigenvalue weighted by molar-refractivity contribution is 0.725. The summed E-state index contributed by atoms with van der Waals surface area (Å²) in [5, 5.41) is 1.03. The van der Waals surface area contributed by atoms with Crippen molar-refractivity contribution in [1.29, 1.82) is 0 Å². The summed E-state index contributed by atoms with van der Waals surface area (Å²) >= 11 is 3.57. The smallest absolute Gasteiger partial charge is 0.111 e. The molecule has 0 saturated carbocycles. The lowest BCUT2D eigenvalue weighted by atomic mass is 10.2. The third-order valence-corrected chi connectivity index (χ3v) is 5.53. The summed E-state index contributed by atoms with van der Waals surface area (Å²) in [6, 6.07) is 12.6. The lowest BCUT2D eigenvalue weighted by Crippen LogP contribution is -2.12. The van der Waals surface area contributed by atoms with Crippen molar-refractivity contribution in [2.75, 3.05) is 0 Å². The monoisotopic (exact) mass is 288 g/mol. The molecule has 0 bridgehead atoms. The summed E-state index contributed by atoms with van der Waals surface area (Å²) in [7, 11) is 0. The molecule has 19 heavy (non-hydrogen) atoms. The Morgan fingerprint density at radius 3 is 2.63 bits per heavy atom. The van der Waals surface area contributed by atoms with Crippen LogP contribution in [0, 0.1) is 0 Å². The number of nitrogens with zero attached hydrogens (tertiary/aromatic N) is 1. The van der Waals surface area contributed by atoms with Gasteiger partial charge in [-0.1, -0.05) is 19.1 Å². The highest BCUT2D eigenvalue weighted by atomic mass is 32.1. The lowest BCUT2D eigenvalue weighted by Gasteiger charge is -2.05. The summed E-state index contributed by atoms with van der Waals surface area (Å²) in [6.45, 7) is 2.18. The molecular formula is C15H16N2S2. The van der Waals surface area contributed by atoms with Crippen LogP contribution in [0.4, 0.5) is 0 Å². The number of aromatic nitrogens is 1. The minimum Gasteiger partial charge on any atom is -0.322 e. The molecule has 0 fully saturated rings. The highest BCUT2D eigenvalue weighted by molar-refractivity contribution is 7.18. The predicted octanol–water partition coefficient (Wildman–Crippen LogP) is 4.16. The highest BCUT2D eigenvalue weighted by Crippen LogP contribution is 2.28. The third kappa shape index (κ3) is 2.71. The van der Waals surface area contributed by atoms with Gasteiger partial charge in [0.2, 0.25) is 0 Å². The second-order valence-electron chi connectivity index (χ2n) is 4.55. The molecule has 2 N–H and O–H groups in total. The Balaban J connectivity index is 1.81. The molecule has 0 amide bonds. The number of para-hydroxylation sites is 1. The Morgan fingerprint density at radius 2 is 1.89 bits per heavy atom. The first-order valence-electron chi connectivity index (χ1n) is 6.45. The Labute approximate surface area is 120 Å². The van der Waals surface area contributed by atoms with Crippen LogP contribution in [0.3, 0.4) is 0 Å². The molecule has 98 valence electrons. The maximum absolute atomic E-state index is 6.30. The van der Waals surface area contributed by atoms with E-state index in [4.69, 9.17) is 5.73 Å². The number of aryl methyl sites for hydroxylation is 1. The van der Waals surface area contributed by atoms with E-state index in [2.05, 4.69) is 30.1 Å². The zero-order valence-electron chi connectivity index (χ0n) is 10.8. The van der Waals surface area contributed by atoms with E-state index in [1.54, 1.807) is 11.3 Å². The fraction of sp³-hybridized carbons (Fsp3) is 0.267. The fourth-order valence-corrected chi connectivity index (χ4v) is 4.06. The van der Waals surface area contributed by atoms with Crippen LogP contribution in [0.1, 0.15) is 27.7 Å². The van der Waals surface area contributed by atoms with Gasteiger partial charge in [-0.3, -0.25) is 0 Å². The van der Waals surface area contributed by atoms with Gasteiger partial charge >= 0.3 is 0 Å². The maximum atomic E-state index is 6.30. The molecule has 2 nitrogen and oxygen atoms in total. The molecule has 2 aromatic heterocycles. The molecule has 0 spiro atoms. The minimum atomic E-state index is 0.000700. The van der Waals surface area contributed by atoms with Gasteiger partial charge in [-0.25, -0.2) is 4.98 Å². The van der Waals surface area contributed by atoms with Crippen LogP contribution >= 0.6 is 22.7 Å². The van der Waals surface area contributed by atoms with Crippen molar-refractivity contribution in [3.05, 3.63) is 51.2 Å². The Bertz CT molecular complexity index is 651. The SMILES string of the molecule is CCc1ccc(CC(N)c2nc3ccccc3s2)s1. The number of hydrogen-bond donors (Lipinski definition) is 1. The Hall–Kier alpha value is -1.23. The fourth-order valence-electron chi connectivity index (χ4n) is 2.07. The molecule has 2 heterocycles. The number of hydrogen-bond acceptors (Lipinski definition) is 4. The van der Waals surface area contributed by atoms with E-state index < -0.39 is 0 Å². The van der Waals surface area contributed by atoms with E-state index >= 15 is 0 Å². The van der Waals surface area contributed by atoms with Crippen molar-refractivity contribution in [3.8, 4) is 0 Å². The summed E-state index contributed by atoms with van der Waals surface area (Å²) < 4.78 is 1.22. The van der Waals surface area contributed by atoms with Gasteiger partial charge in [-0.2, -0.15) is 0 Å². The second-order valence-corrected chi connectivity index (χ2v) is 6.87. The van der Waals surface area contributed by atoms with E-state index in [9.17, 15) is 0 Å². The molecule has 4 heteroatoms. The number of nitrogens with two attached hydrogens (primary N) is 1.